The molecule has 5 rings (SSSR count). The number of carbonyl (C=O) groups is 1. The van der Waals surface area contributed by atoms with Crippen LogP contribution in [0.5, 0.6) is 0 Å². The molecule has 4 aromatic rings. The third-order valence-electron chi connectivity index (χ3n) is 6.77. The van der Waals surface area contributed by atoms with Gasteiger partial charge in [0, 0.05) is 31.5 Å². The minimum absolute atomic E-state index is 0.00800. The van der Waals surface area contributed by atoms with Crippen molar-refractivity contribution in [3.63, 3.8) is 0 Å². The maximum Gasteiger partial charge on any atom is 0.333 e. The molecule has 12 nitrogen and oxygen atoms in total. The van der Waals surface area contributed by atoms with Gasteiger partial charge in [-0.25, -0.2) is 4.79 Å². The Morgan fingerprint density at radius 2 is 2.00 bits per heavy atom. The van der Waals surface area contributed by atoms with Crippen LogP contribution in [0.4, 0.5) is 5.95 Å². The average molecular weight is 543 g/mol. The summed E-state index contributed by atoms with van der Waals surface area (Å²) in [4.78, 5) is 55.8. The third-order valence-corrected chi connectivity index (χ3v) is 6.77. The first-order chi connectivity index (χ1) is 19.4. The van der Waals surface area contributed by atoms with Gasteiger partial charge < -0.3 is 15.4 Å². The molecule has 1 aliphatic rings. The lowest BCUT2D eigenvalue weighted by molar-refractivity contribution is -0.143. The quantitative estimate of drug-likeness (QED) is 0.196. The predicted octanol–water partition coefficient (Wildman–Crippen LogP) is 1.03. The number of esters is 1. The van der Waals surface area contributed by atoms with Crippen LogP contribution in [0.15, 0.2) is 52.8 Å². The summed E-state index contributed by atoms with van der Waals surface area (Å²) in [6, 6.07) is 5.30. The highest BCUT2D eigenvalue weighted by molar-refractivity contribution is 5.78. The fourth-order valence-corrected chi connectivity index (χ4v) is 4.92. The zero-order valence-corrected chi connectivity index (χ0v) is 22.2. The van der Waals surface area contributed by atoms with E-state index in [9.17, 15) is 14.4 Å². The van der Waals surface area contributed by atoms with E-state index in [-0.39, 0.29) is 36.9 Å². The Morgan fingerprint density at radius 3 is 2.75 bits per heavy atom. The molecular formula is C28H30N8O4. The number of benzene rings is 1. The smallest absolute Gasteiger partial charge is 0.333 e. The number of aromatic nitrogens is 6. The van der Waals surface area contributed by atoms with Crippen LogP contribution in [0.1, 0.15) is 25.3 Å². The summed E-state index contributed by atoms with van der Waals surface area (Å²) in [7, 11) is 0. The van der Waals surface area contributed by atoms with Crippen LogP contribution in [0, 0.1) is 11.8 Å². The van der Waals surface area contributed by atoms with Crippen molar-refractivity contribution in [1.82, 2.24) is 28.7 Å². The molecule has 0 bridgehead atoms. The minimum atomic E-state index is -0.680. The van der Waals surface area contributed by atoms with Crippen molar-refractivity contribution in [2.45, 2.75) is 45.4 Å². The van der Waals surface area contributed by atoms with E-state index in [1.807, 2.05) is 4.90 Å². The molecule has 0 spiro atoms. The van der Waals surface area contributed by atoms with E-state index in [4.69, 9.17) is 15.5 Å². The number of hydrogen-bond acceptors (Lipinski definition) is 9. The Balaban J connectivity index is 1.72. The van der Waals surface area contributed by atoms with Gasteiger partial charge in [-0.3, -0.25) is 33.3 Å². The lowest BCUT2D eigenvalue weighted by Crippen LogP contribution is -2.44. The van der Waals surface area contributed by atoms with E-state index in [1.165, 1.54) is 10.6 Å². The van der Waals surface area contributed by atoms with Gasteiger partial charge in [-0.05, 0) is 37.5 Å². The van der Waals surface area contributed by atoms with Crippen LogP contribution in [0.2, 0.25) is 0 Å². The number of ether oxygens (including phenoxy) is 1. The van der Waals surface area contributed by atoms with Crippen LogP contribution in [-0.4, -0.2) is 60.4 Å². The Labute approximate surface area is 229 Å². The number of carbonyl (C=O) groups excluding carboxylic acids is 1. The summed E-state index contributed by atoms with van der Waals surface area (Å²) in [5, 5.41) is 0. The number of imidazole rings is 1. The number of piperidine rings is 1. The van der Waals surface area contributed by atoms with E-state index in [0.717, 1.165) is 17.4 Å². The number of nitrogens with two attached hydrogens (primary N) is 1. The first kappa shape index (κ1) is 26.8. The van der Waals surface area contributed by atoms with Gasteiger partial charge in [0.25, 0.3) is 5.56 Å². The van der Waals surface area contributed by atoms with Crippen molar-refractivity contribution in [3.05, 3.63) is 69.6 Å². The molecule has 1 fully saturated rings. The van der Waals surface area contributed by atoms with E-state index < -0.39 is 23.8 Å². The lowest BCUT2D eigenvalue weighted by Gasteiger charge is -2.31. The van der Waals surface area contributed by atoms with E-state index >= 15 is 0 Å². The van der Waals surface area contributed by atoms with Gasteiger partial charge >= 0.3 is 11.7 Å². The van der Waals surface area contributed by atoms with Crippen molar-refractivity contribution in [2.24, 2.45) is 5.73 Å². The molecule has 0 radical (unpaired) electrons. The van der Waals surface area contributed by atoms with Crippen molar-refractivity contribution in [2.75, 3.05) is 24.6 Å². The van der Waals surface area contributed by atoms with Gasteiger partial charge in [0.15, 0.2) is 11.2 Å². The molecule has 1 atom stereocenters. The normalized spacial score (nSPS) is 15.2. The molecule has 1 aromatic carbocycles. The number of anilines is 1. The van der Waals surface area contributed by atoms with Crippen LogP contribution in [-0.2, 0) is 29.2 Å². The predicted molar refractivity (Wildman–Crippen MR) is 151 cm³/mol. The largest absolute Gasteiger partial charge is 0.460 e. The molecule has 0 amide bonds. The van der Waals surface area contributed by atoms with E-state index in [0.29, 0.717) is 35.6 Å². The number of nitrogens with zero attached hydrogens (tertiary/aromatic N) is 7. The van der Waals surface area contributed by atoms with E-state index in [2.05, 4.69) is 28.4 Å². The second kappa shape index (κ2) is 11.5. The Bertz CT molecular complexity index is 1770. The number of fused-ring (bicyclic) bond motifs is 2. The van der Waals surface area contributed by atoms with Crippen molar-refractivity contribution in [1.29, 1.82) is 0 Å². The molecule has 206 valence electrons. The highest BCUT2D eigenvalue weighted by atomic mass is 16.5. The number of rotatable bonds is 8. The molecule has 4 heterocycles. The Kier molecular flexibility index (Phi) is 7.75. The molecule has 40 heavy (non-hydrogen) atoms. The van der Waals surface area contributed by atoms with Gasteiger partial charge in [0.05, 0.1) is 24.1 Å². The van der Waals surface area contributed by atoms with Gasteiger partial charge in [-0.15, -0.1) is 5.92 Å². The van der Waals surface area contributed by atoms with Crippen molar-refractivity contribution < 1.29 is 9.53 Å². The maximum absolute atomic E-state index is 14.0. The summed E-state index contributed by atoms with van der Waals surface area (Å²) >= 11 is 0. The topological polar surface area (TPSA) is 143 Å². The molecule has 0 saturated carbocycles. The zero-order valence-electron chi connectivity index (χ0n) is 22.2. The zero-order chi connectivity index (χ0) is 28.2. The van der Waals surface area contributed by atoms with E-state index in [1.54, 1.807) is 42.1 Å². The van der Waals surface area contributed by atoms with Crippen LogP contribution < -0.4 is 21.9 Å². The Hall–Kier alpha value is -4.76. The Morgan fingerprint density at radius 1 is 1.20 bits per heavy atom. The summed E-state index contributed by atoms with van der Waals surface area (Å²) in [5.41, 5.74) is 7.30. The molecule has 0 aliphatic carbocycles. The molecule has 1 unspecified atom stereocenters. The fourth-order valence-electron chi connectivity index (χ4n) is 4.92. The summed E-state index contributed by atoms with van der Waals surface area (Å²) in [6.45, 7) is 6.19. The van der Waals surface area contributed by atoms with Crippen molar-refractivity contribution in [3.8, 4) is 11.8 Å². The summed E-state index contributed by atoms with van der Waals surface area (Å²) < 4.78 is 9.16. The minimum Gasteiger partial charge on any atom is -0.460 e. The second-order valence-corrected chi connectivity index (χ2v) is 9.56. The SMILES string of the molecule is C=CCOC(=O)Cn1c(=O)n(Cc2ccc3nccnc3c2)c(=O)c2c1nc(N1CCCC(N)C1)n2CC#CC. The first-order valence-electron chi connectivity index (χ1n) is 13.0. The van der Waals surface area contributed by atoms with Gasteiger partial charge in [0.2, 0.25) is 5.95 Å². The summed E-state index contributed by atoms with van der Waals surface area (Å²) in [6.07, 6.45) is 6.36. The summed E-state index contributed by atoms with van der Waals surface area (Å²) in [5.74, 6) is 5.71. The highest BCUT2D eigenvalue weighted by Gasteiger charge is 2.27. The fraction of sp³-hybridized carbons (Fsp3) is 0.357. The standard InChI is InChI=1S/C28H30N8O4/c1-3-5-13-34-24-25(32-27(34)33-12-6-7-20(29)17-33)35(18-23(37)40-14-4-2)28(39)36(26(24)38)16-19-8-9-21-22(15-19)31-11-10-30-21/h4,8-11,15,20H,2,6-7,12-14,16-18,29H2,1H3. The third kappa shape index (κ3) is 5.23. The van der Waals surface area contributed by atoms with Gasteiger partial charge in [-0.1, -0.05) is 24.6 Å². The van der Waals surface area contributed by atoms with Crippen LogP contribution >= 0.6 is 0 Å². The first-order valence-corrected chi connectivity index (χ1v) is 13.0. The van der Waals surface area contributed by atoms with Crippen molar-refractivity contribution >= 4 is 34.1 Å². The number of hydrogen-bond donors (Lipinski definition) is 1. The van der Waals surface area contributed by atoms with Gasteiger partial charge in [-0.2, -0.15) is 4.98 Å². The lowest BCUT2D eigenvalue weighted by atomic mass is 10.1. The average Bonchev–Trinajstić information content (AvgIpc) is 3.34. The molecule has 2 N–H and O–H groups in total. The molecule has 12 heteroatoms. The maximum atomic E-state index is 14.0. The van der Waals surface area contributed by atoms with Crippen LogP contribution in [0.3, 0.4) is 0 Å². The second-order valence-electron chi connectivity index (χ2n) is 9.56. The highest BCUT2D eigenvalue weighted by Crippen LogP contribution is 2.23. The van der Waals surface area contributed by atoms with Crippen LogP contribution in [0.25, 0.3) is 22.2 Å². The monoisotopic (exact) mass is 542 g/mol. The van der Waals surface area contributed by atoms with Gasteiger partial charge in [0.1, 0.15) is 13.2 Å². The molecule has 1 saturated heterocycles. The molecular weight excluding hydrogens is 512 g/mol. The molecule has 1 aliphatic heterocycles. The molecule has 3 aromatic heterocycles.